The maximum atomic E-state index is 13.7. The summed E-state index contributed by atoms with van der Waals surface area (Å²) in [4.78, 5) is 0. The van der Waals surface area contributed by atoms with Crippen molar-refractivity contribution in [2.75, 3.05) is 0 Å². The maximum absolute atomic E-state index is 13.7. The van der Waals surface area contributed by atoms with Gasteiger partial charge in [-0.2, -0.15) is 0 Å². The molecule has 106 valence electrons. The lowest BCUT2D eigenvalue weighted by Gasteiger charge is -2.08. The smallest absolute Gasteiger partial charge is 0.196 e. The summed E-state index contributed by atoms with van der Waals surface area (Å²) < 4.78 is 15.6. The fourth-order valence-electron chi connectivity index (χ4n) is 2.07. The van der Waals surface area contributed by atoms with E-state index in [1.165, 1.54) is 17.8 Å². The van der Waals surface area contributed by atoms with Crippen LogP contribution in [0.4, 0.5) is 4.39 Å². The van der Waals surface area contributed by atoms with Gasteiger partial charge in [0, 0.05) is 11.4 Å². The van der Waals surface area contributed by atoms with Crippen molar-refractivity contribution in [2.45, 2.75) is 17.8 Å². The van der Waals surface area contributed by atoms with Crippen LogP contribution < -0.4 is 0 Å². The molecule has 0 fully saturated rings. The van der Waals surface area contributed by atoms with Crippen molar-refractivity contribution in [1.29, 1.82) is 0 Å². The van der Waals surface area contributed by atoms with Gasteiger partial charge in [0.1, 0.15) is 11.6 Å². The zero-order chi connectivity index (χ0) is 14.7. The van der Waals surface area contributed by atoms with Crippen LogP contribution >= 0.6 is 11.8 Å². The van der Waals surface area contributed by atoms with Gasteiger partial charge in [-0.25, -0.2) is 4.39 Å². The van der Waals surface area contributed by atoms with Gasteiger partial charge < -0.3 is 0 Å². The number of hydrogen-bond donors (Lipinski definition) is 0. The van der Waals surface area contributed by atoms with E-state index in [9.17, 15) is 4.39 Å². The number of rotatable bonds is 4. The van der Waals surface area contributed by atoms with Crippen molar-refractivity contribution in [3.8, 4) is 5.69 Å². The van der Waals surface area contributed by atoms with E-state index in [2.05, 4.69) is 10.2 Å². The van der Waals surface area contributed by atoms with E-state index in [4.69, 9.17) is 0 Å². The second-order valence-corrected chi connectivity index (χ2v) is 5.52. The quantitative estimate of drug-likeness (QED) is 0.682. The number of aromatic nitrogens is 3. The molecule has 0 bridgehead atoms. The molecule has 1 heterocycles. The number of hydrogen-bond acceptors (Lipinski definition) is 3. The molecule has 3 nitrogen and oxygen atoms in total. The number of benzene rings is 2. The summed E-state index contributed by atoms with van der Waals surface area (Å²) in [6.07, 6.45) is 0. The molecule has 2 aromatic carbocycles. The fraction of sp³-hybridized carbons (Fsp3) is 0.125. The number of para-hydroxylation sites is 1. The van der Waals surface area contributed by atoms with Crippen LogP contribution in [0.15, 0.2) is 59.8 Å². The molecule has 3 aromatic rings. The fourth-order valence-corrected chi connectivity index (χ4v) is 3.05. The predicted molar refractivity (Wildman–Crippen MR) is 82.1 cm³/mol. The maximum Gasteiger partial charge on any atom is 0.196 e. The Hall–Kier alpha value is -2.14. The van der Waals surface area contributed by atoms with Gasteiger partial charge in [-0.3, -0.25) is 4.57 Å². The van der Waals surface area contributed by atoms with Gasteiger partial charge >= 0.3 is 0 Å². The predicted octanol–water partition coefficient (Wildman–Crippen LogP) is 4.01. The minimum Gasteiger partial charge on any atom is -0.274 e. The Morgan fingerprint density at radius 3 is 2.48 bits per heavy atom. The van der Waals surface area contributed by atoms with Crippen molar-refractivity contribution in [1.82, 2.24) is 14.8 Å². The Bertz CT molecular complexity index is 740. The molecular weight excluding hydrogens is 285 g/mol. The van der Waals surface area contributed by atoms with E-state index in [1.807, 2.05) is 47.9 Å². The van der Waals surface area contributed by atoms with Gasteiger partial charge in [-0.1, -0.05) is 48.2 Å². The van der Waals surface area contributed by atoms with Gasteiger partial charge in [0.15, 0.2) is 5.16 Å². The van der Waals surface area contributed by atoms with Gasteiger partial charge in [0.2, 0.25) is 0 Å². The lowest BCUT2D eigenvalue weighted by atomic mass is 10.2. The number of nitrogens with zero attached hydrogens (tertiary/aromatic N) is 3. The lowest BCUT2D eigenvalue weighted by molar-refractivity contribution is 0.617. The third-order valence-corrected chi connectivity index (χ3v) is 4.10. The lowest BCUT2D eigenvalue weighted by Crippen LogP contribution is -1.99. The molecular formula is C16H14FN3S. The highest BCUT2D eigenvalue weighted by Gasteiger charge is 2.12. The highest BCUT2D eigenvalue weighted by molar-refractivity contribution is 7.98. The van der Waals surface area contributed by atoms with Crippen LogP contribution in [-0.4, -0.2) is 14.8 Å². The summed E-state index contributed by atoms with van der Waals surface area (Å²) in [7, 11) is 0. The van der Waals surface area contributed by atoms with Crippen LogP contribution in [-0.2, 0) is 5.75 Å². The number of halogens is 1. The Labute approximate surface area is 126 Å². The molecule has 0 aliphatic rings. The molecule has 21 heavy (non-hydrogen) atoms. The summed E-state index contributed by atoms with van der Waals surface area (Å²) in [5.74, 6) is 1.15. The first-order valence-corrected chi connectivity index (χ1v) is 7.58. The average Bonchev–Trinajstić information content (AvgIpc) is 2.88. The average molecular weight is 299 g/mol. The number of aryl methyl sites for hydroxylation is 1. The molecule has 0 saturated heterocycles. The minimum atomic E-state index is -0.188. The molecule has 0 spiro atoms. The molecule has 5 heteroatoms. The van der Waals surface area contributed by atoms with Crippen LogP contribution in [0.25, 0.3) is 5.69 Å². The largest absolute Gasteiger partial charge is 0.274 e. The van der Waals surface area contributed by atoms with Crippen molar-refractivity contribution >= 4 is 11.8 Å². The van der Waals surface area contributed by atoms with Crippen LogP contribution in [0.2, 0.25) is 0 Å². The first-order chi connectivity index (χ1) is 10.3. The third-order valence-electron chi connectivity index (χ3n) is 3.12. The van der Waals surface area contributed by atoms with Crippen molar-refractivity contribution in [3.63, 3.8) is 0 Å². The second-order valence-electron chi connectivity index (χ2n) is 4.58. The Morgan fingerprint density at radius 2 is 1.71 bits per heavy atom. The molecule has 0 N–H and O–H groups in total. The first-order valence-electron chi connectivity index (χ1n) is 6.59. The summed E-state index contributed by atoms with van der Waals surface area (Å²) in [5, 5.41) is 9.08. The normalized spacial score (nSPS) is 10.8. The van der Waals surface area contributed by atoms with Crippen LogP contribution in [0.1, 0.15) is 11.4 Å². The molecule has 0 saturated carbocycles. The van der Waals surface area contributed by atoms with Gasteiger partial charge in [0.25, 0.3) is 0 Å². The summed E-state index contributed by atoms with van der Waals surface area (Å²) in [6, 6.07) is 16.7. The van der Waals surface area contributed by atoms with Gasteiger partial charge in [0.05, 0.1) is 0 Å². The van der Waals surface area contributed by atoms with Crippen molar-refractivity contribution < 1.29 is 4.39 Å². The zero-order valence-corrected chi connectivity index (χ0v) is 12.3. The highest BCUT2D eigenvalue weighted by Crippen LogP contribution is 2.25. The van der Waals surface area contributed by atoms with Crippen molar-refractivity contribution in [3.05, 3.63) is 71.8 Å². The van der Waals surface area contributed by atoms with E-state index in [0.29, 0.717) is 11.3 Å². The van der Waals surface area contributed by atoms with E-state index < -0.39 is 0 Å². The number of thioether (sulfide) groups is 1. The summed E-state index contributed by atoms with van der Waals surface area (Å²) in [5.41, 5.74) is 1.68. The standard InChI is InChI=1S/C16H14FN3S/c1-12-18-19-16(20(12)14-8-3-2-4-9-14)21-11-13-7-5-6-10-15(13)17/h2-10H,11H2,1H3. The van der Waals surface area contributed by atoms with E-state index in [-0.39, 0.29) is 5.82 Å². The molecule has 0 aliphatic carbocycles. The molecule has 0 radical (unpaired) electrons. The molecule has 3 rings (SSSR count). The van der Waals surface area contributed by atoms with E-state index >= 15 is 0 Å². The van der Waals surface area contributed by atoms with Crippen LogP contribution in [0.5, 0.6) is 0 Å². The Balaban J connectivity index is 1.86. The first kappa shape index (κ1) is 13.8. The topological polar surface area (TPSA) is 30.7 Å². The van der Waals surface area contributed by atoms with Gasteiger partial charge in [-0.05, 0) is 30.7 Å². The molecule has 0 amide bonds. The summed E-state index contributed by atoms with van der Waals surface area (Å²) in [6.45, 7) is 1.91. The second kappa shape index (κ2) is 6.10. The molecule has 0 atom stereocenters. The molecule has 0 unspecified atom stereocenters. The monoisotopic (exact) mass is 299 g/mol. The molecule has 1 aromatic heterocycles. The minimum absolute atomic E-state index is 0.188. The van der Waals surface area contributed by atoms with E-state index in [0.717, 1.165) is 16.7 Å². The van der Waals surface area contributed by atoms with Crippen LogP contribution in [0.3, 0.4) is 0 Å². The van der Waals surface area contributed by atoms with Gasteiger partial charge in [-0.15, -0.1) is 10.2 Å². The van der Waals surface area contributed by atoms with Crippen LogP contribution in [0, 0.1) is 12.7 Å². The Morgan fingerprint density at radius 1 is 1.00 bits per heavy atom. The third kappa shape index (κ3) is 2.97. The molecule has 0 aliphatic heterocycles. The Kier molecular flexibility index (Phi) is 4.01. The highest BCUT2D eigenvalue weighted by atomic mass is 32.2. The summed E-state index contributed by atoms with van der Waals surface area (Å²) >= 11 is 1.48. The zero-order valence-electron chi connectivity index (χ0n) is 11.5. The van der Waals surface area contributed by atoms with Crippen molar-refractivity contribution in [2.24, 2.45) is 0 Å². The SMILES string of the molecule is Cc1nnc(SCc2ccccc2F)n1-c1ccccc1. The van der Waals surface area contributed by atoms with E-state index in [1.54, 1.807) is 12.1 Å².